The Labute approximate surface area is 104 Å². The lowest BCUT2D eigenvalue weighted by Gasteiger charge is -2.43. The lowest BCUT2D eigenvalue weighted by Crippen LogP contribution is -2.34. The van der Waals surface area contributed by atoms with E-state index in [0.717, 1.165) is 24.8 Å². The predicted octanol–water partition coefficient (Wildman–Crippen LogP) is 3.81. The third-order valence-electron chi connectivity index (χ3n) is 4.18. The number of hydrogen-bond acceptors (Lipinski definition) is 1. The Morgan fingerprint density at radius 1 is 1.47 bits per heavy atom. The summed E-state index contributed by atoms with van der Waals surface area (Å²) in [5.74, 6) is -0.505. The minimum absolute atomic E-state index is 0.0428. The van der Waals surface area contributed by atoms with Gasteiger partial charge in [-0.3, -0.25) is 0 Å². The molecule has 0 aliphatic heterocycles. The van der Waals surface area contributed by atoms with E-state index in [1.807, 2.05) is 13.0 Å². The van der Waals surface area contributed by atoms with E-state index in [9.17, 15) is 4.79 Å². The quantitative estimate of drug-likeness (QED) is 0.593. The molecule has 17 heavy (non-hydrogen) atoms. The maximum atomic E-state index is 11.0. The molecule has 2 nitrogen and oxygen atoms in total. The molecule has 0 aromatic heterocycles. The van der Waals surface area contributed by atoms with Crippen molar-refractivity contribution in [2.24, 2.45) is 17.3 Å². The zero-order valence-corrected chi connectivity index (χ0v) is 10.8. The number of hydrogen-bond donors (Lipinski definition) is 1. The molecule has 0 spiro atoms. The molecule has 94 valence electrons. The summed E-state index contributed by atoms with van der Waals surface area (Å²) in [4.78, 5) is 11.0. The summed E-state index contributed by atoms with van der Waals surface area (Å²) in [7, 11) is 0. The summed E-state index contributed by atoms with van der Waals surface area (Å²) < 4.78 is 0. The zero-order chi connectivity index (χ0) is 13.2. The van der Waals surface area contributed by atoms with Crippen molar-refractivity contribution in [1.82, 2.24) is 0 Å². The van der Waals surface area contributed by atoms with Crippen LogP contribution in [0.15, 0.2) is 37.0 Å². The molecule has 0 bridgehead atoms. The number of aliphatic carboxylic acids is 1. The van der Waals surface area contributed by atoms with Gasteiger partial charge in [-0.15, -0.1) is 6.58 Å². The molecule has 3 atom stereocenters. The second kappa shape index (κ2) is 4.91. The average Bonchev–Trinajstić information content (AvgIpc) is 2.28. The van der Waals surface area contributed by atoms with Crippen LogP contribution in [0.3, 0.4) is 0 Å². The zero-order valence-electron chi connectivity index (χ0n) is 10.8. The number of rotatable bonds is 4. The first kappa shape index (κ1) is 13.8. The standard InChI is InChI=1S/C15H22O2/c1-6-15(5)8-7-12(11(4)14(16)17)9-13(15)10(2)3/h6,12-13H,1-2,4,7-9H2,3,5H3,(H,16,17)/t12-,13?,15-/m1/s1. The fourth-order valence-corrected chi connectivity index (χ4v) is 2.83. The Morgan fingerprint density at radius 2 is 2.06 bits per heavy atom. The minimum Gasteiger partial charge on any atom is -0.478 e. The van der Waals surface area contributed by atoms with Crippen LogP contribution in [0.1, 0.15) is 33.1 Å². The Hall–Kier alpha value is -1.31. The minimum atomic E-state index is -0.877. The van der Waals surface area contributed by atoms with Crippen molar-refractivity contribution in [3.63, 3.8) is 0 Å². The van der Waals surface area contributed by atoms with Crippen LogP contribution in [0, 0.1) is 17.3 Å². The Kier molecular flexibility index (Phi) is 3.97. The van der Waals surface area contributed by atoms with Crippen molar-refractivity contribution in [3.05, 3.63) is 37.0 Å². The second-order valence-electron chi connectivity index (χ2n) is 5.41. The van der Waals surface area contributed by atoms with Gasteiger partial charge in [0.2, 0.25) is 0 Å². The first-order chi connectivity index (χ1) is 7.81. The van der Waals surface area contributed by atoms with E-state index in [0.29, 0.717) is 11.5 Å². The van der Waals surface area contributed by atoms with Crippen molar-refractivity contribution in [1.29, 1.82) is 0 Å². The fraction of sp³-hybridized carbons (Fsp3) is 0.533. The molecule has 1 aliphatic rings. The predicted molar refractivity (Wildman–Crippen MR) is 70.7 cm³/mol. The Morgan fingerprint density at radius 3 is 2.47 bits per heavy atom. The molecule has 0 amide bonds. The highest BCUT2D eigenvalue weighted by molar-refractivity contribution is 5.86. The van der Waals surface area contributed by atoms with Gasteiger partial charge in [0, 0.05) is 5.57 Å². The number of carbonyl (C=O) groups is 1. The van der Waals surface area contributed by atoms with Gasteiger partial charge in [-0.1, -0.05) is 31.7 Å². The van der Waals surface area contributed by atoms with E-state index in [-0.39, 0.29) is 11.3 Å². The van der Waals surface area contributed by atoms with Crippen molar-refractivity contribution < 1.29 is 9.90 Å². The number of carboxylic acid groups (broad SMARTS) is 1. The molecule has 0 radical (unpaired) electrons. The molecule has 1 fully saturated rings. The molecule has 1 aliphatic carbocycles. The van der Waals surface area contributed by atoms with Crippen LogP contribution in [-0.4, -0.2) is 11.1 Å². The first-order valence-corrected chi connectivity index (χ1v) is 6.03. The maximum Gasteiger partial charge on any atom is 0.331 e. The Balaban J connectivity index is 2.90. The molecule has 0 heterocycles. The summed E-state index contributed by atoms with van der Waals surface area (Å²) in [6.45, 7) is 15.8. The van der Waals surface area contributed by atoms with Gasteiger partial charge >= 0.3 is 5.97 Å². The topological polar surface area (TPSA) is 37.3 Å². The van der Waals surface area contributed by atoms with Crippen LogP contribution < -0.4 is 0 Å². The van der Waals surface area contributed by atoms with Crippen LogP contribution in [0.4, 0.5) is 0 Å². The molecular weight excluding hydrogens is 212 g/mol. The average molecular weight is 234 g/mol. The van der Waals surface area contributed by atoms with Gasteiger partial charge in [-0.25, -0.2) is 4.79 Å². The third-order valence-corrected chi connectivity index (χ3v) is 4.18. The molecule has 0 aromatic rings. The van der Waals surface area contributed by atoms with Gasteiger partial charge < -0.3 is 5.11 Å². The highest BCUT2D eigenvalue weighted by Crippen LogP contribution is 2.48. The van der Waals surface area contributed by atoms with E-state index < -0.39 is 5.97 Å². The van der Waals surface area contributed by atoms with Gasteiger partial charge in [-0.05, 0) is 43.4 Å². The smallest absolute Gasteiger partial charge is 0.331 e. The van der Waals surface area contributed by atoms with Crippen molar-refractivity contribution >= 4 is 5.97 Å². The van der Waals surface area contributed by atoms with Crippen LogP contribution in [0.5, 0.6) is 0 Å². The maximum absolute atomic E-state index is 11.0. The molecule has 1 N–H and O–H groups in total. The van der Waals surface area contributed by atoms with E-state index in [1.54, 1.807) is 0 Å². The van der Waals surface area contributed by atoms with Crippen molar-refractivity contribution in [2.75, 3.05) is 0 Å². The van der Waals surface area contributed by atoms with Gasteiger partial charge in [0.05, 0.1) is 0 Å². The first-order valence-electron chi connectivity index (χ1n) is 6.03. The Bertz CT molecular complexity index is 367. The van der Waals surface area contributed by atoms with Crippen LogP contribution >= 0.6 is 0 Å². The van der Waals surface area contributed by atoms with E-state index in [2.05, 4.69) is 26.7 Å². The van der Waals surface area contributed by atoms with Crippen molar-refractivity contribution in [2.45, 2.75) is 33.1 Å². The monoisotopic (exact) mass is 234 g/mol. The van der Waals surface area contributed by atoms with E-state index in [1.165, 1.54) is 0 Å². The van der Waals surface area contributed by atoms with Crippen LogP contribution in [-0.2, 0) is 4.79 Å². The molecule has 1 unspecified atom stereocenters. The van der Waals surface area contributed by atoms with Gasteiger partial charge in [0.1, 0.15) is 0 Å². The molecule has 1 saturated carbocycles. The summed E-state index contributed by atoms with van der Waals surface area (Å²) in [6.07, 6.45) is 4.64. The van der Waals surface area contributed by atoms with E-state index in [4.69, 9.17) is 5.11 Å². The molecular formula is C15H22O2. The fourth-order valence-electron chi connectivity index (χ4n) is 2.83. The van der Waals surface area contributed by atoms with Gasteiger partial charge in [0.25, 0.3) is 0 Å². The lowest BCUT2D eigenvalue weighted by atomic mass is 9.61. The summed E-state index contributed by atoms with van der Waals surface area (Å²) in [5.41, 5.74) is 1.49. The van der Waals surface area contributed by atoms with Gasteiger partial charge in [-0.2, -0.15) is 0 Å². The third kappa shape index (κ3) is 2.68. The van der Waals surface area contributed by atoms with Crippen LogP contribution in [0.2, 0.25) is 0 Å². The molecule has 1 rings (SSSR count). The lowest BCUT2D eigenvalue weighted by molar-refractivity contribution is -0.133. The highest BCUT2D eigenvalue weighted by Gasteiger charge is 2.39. The van der Waals surface area contributed by atoms with E-state index >= 15 is 0 Å². The SMILES string of the molecule is C=C[C@]1(C)CC[C@@H](C(=C)C(=O)O)CC1C(=C)C. The van der Waals surface area contributed by atoms with Gasteiger partial charge in [0.15, 0.2) is 0 Å². The second-order valence-corrected chi connectivity index (χ2v) is 5.41. The normalized spacial score (nSPS) is 32.8. The summed E-state index contributed by atoms with van der Waals surface area (Å²) >= 11 is 0. The largest absolute Gasteiger partial charge is 0.478 e. The van der Waals surface area contributed by atoms with Crippen molar-refractivity contribution in [3.8, 4) is 0 Å². The number of allylic oxidation sites excluding steroid dienone is 2. The molecule has 2 heteroatoms. The molecule has 0 aromatic carbocycles. The summed E-state index contributed by atoms with van der Waals surface area (Å²) in [5, 5.41) is 9.00. The van der Waals surface area contributed by atoms with Crippen LogP contribution in [0.25, 0.3) is 0 Å². The molecule has 0 saturated heterocycles. The summed E-state index contributed by atoms with van der Waals surface area (Å²) in [6, 6.07) is 0. The highest BCUT2D eigenvalue weighted by atomic mass is 16.4. The number of carboxylic acids is 1.